The van der Waals surface area contributed by atoms with Crippen molar-refractivity contribution in [2.45, 2.75) is 19.9 Å². The van der Waals surface area contributed by atoms with Crippen LogP contribution in [0, 0.1) is 0 Å². The summed E-state index contributed by atoms with van der Waals surface area (Å²) in [6.45, 7) is 3.08. The number of ketones is 1. The molecule has 1 aromatic carbocycles. The Labute approximate surface area is 160 Å². The molecule has 1 aliphatic heterocycles. The van der Waals surface area contributed by atoms with Gasteiger partial charge in [-0.05, 0) is 31.2 Å². The van der Waals surface area contributed by atoms with Crippen molar-refractivity contribution in [1.82, 2.24) is 9.88 Å². The maximum Gasteiger partial charge on any atom is 0.413 e. The molecule has 0 spiro atoms. The number of thiazole rings is 1. The van der Waals surface area contributed by atoms with Crippen LogP contribution in [0.1, 0.15) is 27.9 Å². The summed E-state index contributed by atoms with van der Waals surface area (Å²) in [5.74, 6) is -0.130. The molecule has 1 aromatic heterocycles. The summed E-state index contributed by atoms with van der Waals surface area (Å²) in [6.07, 6.45) is 0.169. The number of ether oxygens (including phenoxy) is 1. The summed E-state index contributed by atoms with van der Waals surface area (Å²) in [4.78, 5) is 42.3. The van der Waals surface area contributed by atoms with Crippen LogP contribution >= 0.6 is 11.3 Å². The van der Waals surface area contributed by atoms with Gasteiger partial charge in [0.1, 0.15) is 0 Å². The molecule has 142 valence electrons. The SMILES string of the molecule is COC(=O)Nc1nc2c(s1)CN(CC(=O)Nc1ccc(C(C)=O)cc1)CC2. The number of methoxy groups -OCH3 is 1. The molecule has 0 unspecified atom stereocenters. The number of aromatic nitrogens is 1. The van der Waals surface area contributed by atoms with Gasteiger partial charge in [-0.1, -0.05) is 11.3 Å². The van der Waals surface area contributed by atoms with E-state index in [0.29, 0.717) is 29.5 Å². The lowest BCUT2D eigenvalue weighted by atomic mass is 10.1. The van der Waals surface area contributed by atoms with E-state index in [4.69, 9.17) is 0 Å². The minimum Gasteiger partial charge on any atom is -0.453 e. The molecule has 8 nitrogen and oxygen atoms in total. The van der Waals surface area contributed by atoms with Crippen molar-refractivity contribution in [2.75, 3.05) is 30.8 Å². The molecule has 2 amide bonds. The first-order valence-electron chi connectivity index (χ1n) is 8.41. The van der Waals surface area contributed by atoms with Gasteiger partial charge in [0.05, 0.1) is 19.3 Å². The Kier molecular flexibility index (Phi) is 5.82. The maximum absolute atomic E-state index is 12.3. The number of anilines is 2. The van der Waals surface area contributed by atoms with E-state index in [9.17, 15) is 14.4 Å². The highest BCUT2D eigenvalue weighted by Gasteiger charge is 2.23. The molecule has 27 heavy (non-hydrogen) atoms. The Hall–Kier alpha value is -2.78. The van der Waals surface area contributed by atoms with Gasteiger partial charge in [0.15, 0.2) is 10.9 Å². The van der Waals surface area contributed by atoms with Gasteiger partial charge in [0.2, 0.25) is 5.91 Å². The van der Waals surface area contributed by atoms with Crippen LogP contribution in [0.2, 0.25) is 0 Å². The van der Waals surface area contributed by atoms with Crippen molar-refractivity contribution < 1.29 is 19.1 Å². The number of amides is 2. The molecule has 0 saturated heterocycles. The quantitative estimate of drug-likeness (QED) is 0.764. The third kappa shape index (κ3) is 4.89. The third-order valence-corrected chi connectivity index (χ3v) is 5.14. The van der Waals surface area contributed by atoms with Crippen LogP contribution in [-0.4, -0.2) is 47.9 Å². The van der Waals surface area contributed by atoms with E-state index in [-0.39, 0.29) is 18.2 Å². The maximum atomic E-state index is 12.3. The lowest BCUT2D eigenvalue weighted by Gasteiger charge is -2.25. The molecular weight excluding hydrogens is 368 g/mol. The number of carbonyl (C=O) groups excluding carboxylic acids is 3. The summed E-state index contributed by atoms with van der Waals surface area (Å²) in [7, 11) is 1.30. The number of fused-ring (bicyclic) bond motifs is 1. The second-order valence-electron chi connectivity index (χ2n) is 6.15. The minimum absolute atomic E-state index is 0.0115. The number of Topliss-reactive ketones (excluding diaryl/α,β-unsaturated/α-hetero) is 1. The Morgan fingerprint density at radius 3 is 2.63 bits per heavy atom. The lowest BCUT2D eigenvalue weighted by Crippen LogP contribution is -2.36. The second kappa shape index (κ2) is 8.28. The van der Waals surface area contributed by atoms with E-state index in [1.54, 1.807) is 24.3 Å². The summed E-state index contributed by atoms with van der Waals surface area (Å²) in [6, 6.07) is 6.82. The van der Waals surface area contributed by atoms with Crippen LogP contribution in [-0.2, 0) is 22.5 Å². The zero-order chi connectivity index (χ0) is 19.4. The van der Waals surface area contributed by atoms with E-state index in [1.165, 1.54) is 25.4 Å². The molecule has 0 aliphatic carbocycles. The molecule has 9 heteroatoms. The minimum atomic E-state index is -0.548. The molecule has 2 N–H and O–H groups in total. The van der Waals surface area contributed by atoms with Crippen LogP contribution in [0.4, 0.5) is 15.6 Å². The number of rotatable bonds is 5. The fraction of sp³-hybridized carbons (Fsp3) is 0.333. The van der Waals surface area contributed by atoms with Crippen molar-refractivity contribution in [1.29, 1.82) is 0 Å². The highest BCUT2D eigenvalue weighted by molar-refractivity contribution is 7.15. The van der Waals surface area contributed by atoms with Crippen LogP contribution in [0.3, 0.4) is 0 Å². The van der Waals surface area contributed by atoms with E-state index in [0.717, 1.165) is 17.0 Å². The van der Waals surface area contributed by atoms with Crippen molar-refractivity contribution in [3.63, 3.8) is 0 Å². The molecule has 0 atom stereocenters. The van der Waals surface area contributed by atoms with E-state index < -0.39 is 6.09 Å². The predicted molar refractivity (Wildman–Crippen MR) is 102 cm³/mol. The van der Waals surface area contributed by atoms with Gasteiger partial charge in [0, 0.05) is 35.6 Å². The first-order chi connectivity index (χ1) is 12.9. The summed E-state index contributed by atoms with van der Waals surface area (Å²) >= 11 is 1.39. The normalized spacial score (nSPS) is 13.6. The monoisotopic (exact) mass is 388 g/mol. The summed E-state index contributed by atoms with van der Waals surface area (Å²) in [5, 5.41) is 5.92. The third-order valence-electron chi connectivity index (χ3n) is 4.15. The largest absolute Gasteiger partial charge is 0.453 e. The van der Waals surface area contributed by atoms with Crippen molar-refractivity contribution in [3.8, 4) is 0 Å². The Morgan fingerprint density at radius 1 is 1.22 bits per heavy atom. The molecule has 0 fully saturated rings. The molecule has 0 saturated carbocycles. The first kappa shape index (κ1) is 19.0. The molecule has 2 heterocycles. The number of benzene rings is 1. The van der Waals surface area contributed by atoms with Crippen LogP contribution in [0.25, 0.3) is 0 Å². The number of carbonyl (C=O) groups is 3. The first-order valence-corrected chi connectivity index (χ1v) is 9.23. The van der Waals surface area contributed by atoms with Crippen LogP contribution < -0.4 is 10.6 Å². The number of hydrogen-bond acceptors (Lipinski definition) is 7. The van der Waals surface area contributed by atoms with Gasteiger partial charge in [-0.2, -0.15) is 0 Å². The van der Waals surface area contributed by atoms with Gasteiger partial charge >= 0.3 is 6.09 Å². The topological polar surface area (TPSA) is 101 Å². The van der Waals surface area contributed by atoms with Gasteiger partial charge in [0.25, 0.3) is 0 Å². The fourth-order valence-electron chi connectivity index (χ4n) is 2.77. The smallest absolute Gasteiger partial charge is 0.413 e. The highest BCUT2D eigenvalue weighted by atomic mass is 32.1. The molecule has 3 rings (SSSR count). The standard InChI is InChI=1S/C18H20N4O4S/c1-11(23)12-3-5-13(6-4-12)19-16(24)10-22-8-7-14-15(9-22)27-17(20-14)21-18(25)26-2/h3-6H,7-10H2,1-2H3,(H,19,24)(H,20,21,25). The number of hydrogen-bond donors (Lipinski definition) is 2. The molecule has 0 bridgehead atoms. The van der Waals surface area contributed by atoms with Gasteiger partial charge in [-0.3, -0.25) is 19.8 Å². The molecule has 0 radical (unpaired) electrons. The highest BCUT2D eigenvalue weighted by Crippen LogP contribution is 2.28. The zero-order valence-corrected chi connectivity index (χ0v) is 15.9. The van der Waals surface area contributed by atoms with Crippen LogP contribution in [0.15, 0.2) is 24.3 Å². The Balaban J connectivity index is 1.55. The zero-order valence-electron chi connectivity index (χ0n) is 15.1. The summed E-state index contributed by atoms with van der Waals surface area (Å²) in [5.41, 5.74) is 2.21. The average molecular weight is 388 g/mol. The molecule has 2 aromatic rings. The number of nitrogens with one attached hydrogen (secondary N) is 2. The van der Waals surface area contributed by atoms with E-state index in [1.807, 2.05) is 4.90 Å². The Bertz CT molecular complexity index is 863. The van der Waals surface area contributed by atoms with Crippen molar-refractivity contribution in [3.05, 3.63) is 40.4 Å². The van der Waals surface area contributed by atoms with Gasteiger partial charge < -0.3 is 10.1 Å². The number of nitrogens with zero attached hydrogens (tertiary/aromatic N) is 2. The summed E-state index contributed by atoms with van der Waals surface area (Å²) < 4.78 is 4.57. The Morgan fingerprint density at radius 2 is 1.96 bits per heavy atom. The lowest BCUT2D eigenvalue weighted by molar-refractivity contribution is -0.117. The second-order valence-corrected chi connectivity index (χ2v) is 7.23. The fourth-order valence-corrected chi connectivity index (χ4v) is 3.80. The van der Waals surface area contributed by atoms with E-state index >= 15 is 0 Å². The average Bonchev–Trinajstić information content (AvgIpc) is 3.03. The van der Waals surface area contributed by atoms with Crippen molar-refractivity contribution in [2.24, 2.45) is 0 Å². The molecular formula is C18H20N4O4S. The van der Waals surface area contributed by atoms with E-state index in [2.05, 4.69) is 20.4 Å². The molecule has 1 aliphatic rings. The van der Waals surface area contributed by atoms with Gasteiger partial charge in [-0.15, -0.1) is 0 Å². The predicted octanol–water partition coefficient (Wildman–Crippen LogP) is 2.52. The van der Waals surface area contributed by atoms with Crippen molar-refractivity contribution >= 4 is 39.9 Å². The van der Waals surface area contributed by atoms with Gasteiger partial charge in [-0.25, -0.2) is 9.78 Å². The van der Waals surface area contributed by atoms with Crippen LogP contribution in [0.5, 0.6) is 0 Å².